The number of halogens is 2. The molecule has 0 saturated carbocycles. The van der Waals surface area contributed by atoms with Gasteiger partial charge in [0.25, 0.3) is 0 Å². The quantitative estimate of drug-likeness (QED) is 0.811. The van der Waals surface area contributed by atoms with E-state index in [4.69, 9.17) is 4.74 Å². The van der Waals surface area contributed by atoms with Gasteiger partial charge in [-0.2, -0.15) is 0 Å². The summed E-state index contributed by atoms with van der Waals surface area (Å²) >= 11 is 0. The summed E-state index contributed by atoms with van der Waals surface area (Å²) in [6.45, 7) is 5.54. The van der Waals surface area contributed by atoms with E-state index in [1.165, 1.54) is 12.1 Å². The van der Waals surface area contributed by atoms with E-state index in [-0.39, 0.29) is 5.75 Å². The number of nitrogens with zero attached hydrogens (tertiary/aromatic N) is 1. The lowest BCUT2D eigenvalue weighted by atomic mass is 10.3. The highest BCUT2D eigenvalue weighted by Crippen LogP contribution is 2.17. The van der Waals surface area contributed by atoms with Gasteiger partial charge >= 0.3 is 0 Å². The number of ether oxygens (including phenoxy) is 1. The largest absolute Gasteiger partial charge is 0.490 e. The Labute approximate surface area is 106 Å². The second-order valence-electron chi connectivity index (χ2n) is 4.37. The van der Waals surface area contributed by atoms with Crippen LogP contribution in [0.5, 0.6) is 5.75 Å². The monoisotopic (exact) mass is 256 g/mol. The Bertz CT molecular complexity index is 381. The first-order chi connectivity index (χ1) is 8.75. The van der Waals surface area contributed by atoms with Crippen LogP contribution < -0.4 is 10.1 Å². The van der Waals surface area contributed by atoms with E-state index in [2.05, 4.69) is 10.2 Å². The van der Waals surface area contributed by atoms with Crippen molar-refractivity contribution >= 4 is 0 Å². The lowest BCUT2D eigenvalue weighted by Gasteiger charge is -2.26. The van der Waals surface area contributed by atoms with E-state index >= 15 is 0 Å². The fourth-order valence-electron chi connectivity index (χ4n) is 2.00. The minimum Gasteiger partial charge on any atom is -0.490 e. The van der Waals surface area contributed by atoms with Gasteiger partial charge < -0.3 is 15.0 Å². The Morgan fingerprint density at radius 2 is 2.00 bits per heavy atom. The van der Waals surface area contributed by atoms with Crippen LogP contribution in [0.4, 0.5) is 8.78 Å². The Hall–Kier alpha value is -1.20. The van der Waals surface area contributed by atoms with Gasteiger partial charge in [0.2, 0.25) is 0 Å². The molecule has 0 atom stereocenters. The lowest BCUT2D eigenvalue weighted by Crippen LogP contribution is -2.43. The zero-order valence-corrected chi connectivity index (χ0v) is 10.3. The Morgan fingerprint density at radius 1 is 1.22 bits per heavy atom. The summed E-state index contributed by atoms with van der Waals surface area (Å²) in [5, 5.41) is 3.29. The van der Waals surface area contributed by atoms with Crippen LogP contribution in [0, 0.1) is 11.6 Å². The average molecular weight is 256 g/mol. The van der Waals surface area contributed by atoms with E-state index in [9.17, 15) is 8.78 Å². The van der Waals surface area contributed by atoms with Gasteiger partial charge in [0, 0.05) is 38.8 Å². The third-order valence-corrected chi connectivity index (χ3v) is 2.98. The molecule has 0 bridgehead atoms. The van der Waals surface area contributed by atoms with Crippen molar-refractivity contribution in [3.8, 4) is 5.75 Å². The van der Waals surface area contributed by atoms with Crippen molar-refractivity contribution in [1.82, 2.24) is 10.2 Å². The second-order valence-corrected chi connectivity index (χ2v) is 4.37. The zero-order chi connectivity index (χ0) is 12.8. The highest BCUT2D eigenvalue weighted by atomic mass is 19.1. The minimum absolute atomic E-state index is 0.122. The molecule has 100 valence electrons. The molecule has 0 radical (unpaired) electrons. The average Bonchev–Trinajstić information content (AvgIpc) is 2.38. The molecule has 5 heteroatoms. The minimum atomic E-state index is -0.642. The Balaban J connectivity index is 1.68. The van der Waals surface area contributed by atoms with Crippen LogP contribution in [0.25, 0.3) is 0 Å². The Kier molecular flexibility index (Phi) is 4.90. The molecule has 1 fully saturated rings. The van der Waals surface area contributed by atoms with Crippen molar-refractivity contribution in [3.63, 3.8) is 0 Å². The lowest BCUT2D eigenvalue weighted by molar-refractivity contribution is 0.211. The number of hydrogen-bond acceptors (Lipinski definition) is 3. The predicted octanol–water partition coefficient (Wildman–Crippen LogP) is 1.64. The molecule has 1 saturated heterocycles. The summed E-state index contributed by atoms with van der Waals surface area (Å²) in [6.07, 6.45) is 0.844. The first-order valence-corrected chi connectivity index (χ1v) is 6.26. The highest BCUT2D eigenvalue weighted by Gasteiger charge is 2.09. The first kappa shape index (κ1) is 13.2. The van der Waals surface area contributed by atoms with Crippen LogP contribution in [0.2, 0.25) is 0 Å². The van der Waals surface area contributed by atoms with Gasteiger partial charge in [0.05, 0.1) is 6.61 Å². The van der Waals surface area contributed by atoms with Crippen molar-refractivity contribution in [2.24, 2.45) is 0 Å². The van der Waals surface area contributed by atoms with Gasteiger partial charge in [-0.15, -0.1) is 0 Å². The topological polar surface area (TPSA) is 24.5 Å². The molecule has 0 unspecified atom stereocenters. The molecule has 3 nitrogen and oxygen atoms in total. The molecular formula is C13H18F2N2O. The molecule has 0 aromatic heterocycles. The maximum absolute atomic E-state index is 13.2. The number of hydrogen-bond donors (Lipinski definition) is 1. The standard InChI is InChI=1S/C13H18F2N2O/c14-11-2-3-13(12(15)10-11)18-9-1-6-17-7-4-16-5-8-17/h2-3,10,16H,1,4-9H2. The first-order valence-electron chi connectivity index (χ1n) is 6.26. The molecule has 2 rings (SSSR count). The van der Waals surface area contributed by atoms with Gasteiger partial charge in [-0.25, -0.2) is 8.78 Å². The van der Waals surface area contributed by atoms with Crippen LogP contribution in [0.3, 0.4) is 0 Å². The molecule has 1 aliphatic heterocycles. The van der Waals surface area contributed by atoms with Crippen LogP contribution in [-0.2, 0) is 0 Å². The van der Waals surface area contributed by atoms with E-state index in [0.717, 1.165) is 45.2 Å². The number of nitrogens with one attached hydrogen (secondary N) is 1. The summed E-state index contributed by atoms with van der Waals surface area (Å²) in [5.74, 6) is -1.10. The molecular weight excluding hydrogens is 238 g/mol. The van der Waals surface area contributed by atoms with Crippen LogP contribution in [-0.4, -0.2) is 44.2 Å². The van der Waals surface area contributed by atoms with E-state index in [1.54, 1.807) is 0 Å². The number of rotatable bonds is 5. The van der Waals surface area contributed by atoms with Crippen molar-refractivity contribution in [2.75, 3.05) is 39.3 Å². The SMILES string of the molecule is Fc1ccc(OCCCN2CCNCC2)c(F)c1. The third-order valence-electron chi connectivity index (χ3n) is 2.98. The van der Waals surface area contributed by atoms with E-state index in [0.29, 0.717) is 6.61 Å². The van der Waals surface area contributed by atoms with Gasteiger partial charge in [-0.1, -0.05) is 0 Å². The summed E-state index contributed by atoms with van der Waals surface area (Å²) in [5.41, 5.74) is 0. The van der Waals surface area contributed by atoms with Gasteiger partial charge in [0.1, 0.15) is 5.82 Å². The molecule has 0 amide bonds. The van der Waals surface area contributed by atoms with Gasteiger partial charge in [0.15, 0.2) is 11.6 Å². The van der Waals surface area contributed by atoms with E-state index < -0.39 is 11.6 Å². The molecule has 0 spiro atoms. The Morgan fingerprint density at radius 3 is 2.72 bits per heavy atom. The molecule has 1 heterocycles. The van der Waals surface area contributed by atoms with Gasteiger partial charge in [-0.3, -0.25) is 0 Å². The fourth-order valence-corrected chi connectivity index (χ4v) is 2.00. The second kappa shape index (κ2) is 6.66. The summed E-state index contributed by atoms with van der Waals surface area (Å²) in [7, 11) is 0. The summed E-state index contributed by atoms with van der Waals surface area (Å²) in [4.78, 5) is 2.35. The molecule has 1 aromatic carbocycles. The van der Waals surface area contributed by atoms with Gasteiger partial charge in [-0.05, 0) is 18.6 Å². The maximum atomic E-state index is 13.2. The highest BCUT2D eigenvalue weighted by molar-refractivity contribution is 5.24. The fraction of sp³-hybridized carbons (Fsp3) is 0.538. The molecule has 18 heavy (non-hydrogen) atoms. The summed E-state index contributed by atoms with van der Waals surface area (Å²) in [6, 6.07) is 3.37. The van der Waals surface area contributed by atoms with E-state index in [1.807, 2.05) is 0 Å². The normalized spacial score (nSPS) is 16.8. The summed E-state index contributed by atoms with van der Waals surface area (Å²) < 4.78 is 31.2. The smallest absolute Gasteiger partial charge is 0.167 e. The van der Waals surface area contributed by atoms with Crippen LogP contribution in [0.15, 0.2) is 18.2 Å². The van der Waals surface area contributed by atoms with Crippen molar-refractivity contribution in [2.45, 2.75) is 6.42 Å². The molecule has 1 aliphatic rings. The maximum Gasteiger partial charge on any atom is 0.167 e. The molecule has 0 aliphatic carbocycles. The number of piperazine rings is 1. The van der Waals surface area contributed by atoms with Crippen LogP contribution >= 0.6 is 0 Å². The van der Waals surface area contributed by atoms with Crippen LogP contribution in [0.1, 0.15) is 6.42 Å². The van der Waals surface area contributed by atoms with Crippen molar-refractivity contribution in [3.05, 3.63) is 29.8 Å². The predicted molar refractivity (Wildman–Crippen MR) is 65.8 cm³/mol. The van der Waals surface area contributed by atoms with Crippen molar-refractivity contribution in [1.29, 1.82) is 0 Å². The number of benzene rings is 1. The zero-order valence-electron chi connectivity index (χ0n) is 10.3. The third kappa shape index (κ3) is 3.92. The molecule has 1 aromatic rings. The molecule has 1 N–H and O–H groups in total. The van der Waals surface area contributed by atoms with Crippen molar-refractivity contribution < 1.29 is 13.5 Å².